The molecule has 0 bridgehead atoms. The molecule has 1 amide bonds. The van der Waals surface area contributed by atoms with E-state index in [1.54, 1.807) is 11.8 Å². The summed E-state index contributed by atoms with van der Waals surface area (Å²) in [5, 5.41) is 0. The Balaban J connectivity index is 2.78. The number of rotatable bonds is 12. The van der Waals surface area contributed by atoms with E-state index in [0.717, 1.165) is 35.7 Å². The number of carbonyl (C=O) groups is 2. The summed E-state index contributed by atoms with van der Waals surface area (Å²) < 4.78 is 11.8. The average Bonchev–Trinajstić information content (AvgIpc) is 2.66. The number of carbonyl (C=O) groups excluding carboxylic acids is 2. The summed E-state index contributed by atoms with van der Waals surface area (Å²) in [7, 11) is 0. The van der Waals surface area contributed by atoms with Crippen molar-refractivity contribution in [2.75, 3.05) is 17.6 Å². The van der Waals surface area contributed by atoms with Crippen LogP contribution in [0.1, 0.15) is 51.5 Å². The first-order chi connectivity index (χ1) is 12.6. The number of benzene rings is 1. The number of hydrogen-bond acceptors (Lipinski definition) is 4. The zero-order valence-corrected chi connectivity index (χ0v) is 17.9. The molecule has 1 aromatic carbocycles. The summed E-state index contributed by atoms with van der Waals surface area (Å²) in [6.07, 6.45) is 3.89. The van der Waals surface area contributed by atoms with Gasteiger partial charge in [-0.15, -0.1) is 0 Å². The first-order valence-corrected chi connectivity index (χ1v) is 10.9. The van der Waals surface area contributed by atoms with Crippen molar-refractivity contribution in [2.45, 2.75) is 58.6 Å². The van der Waals surface area contributed by atoms with Crippen LogP contribution in [0.2, 0.25) is 0 Å². The summed E-state index contributed by atoms with van der Waals surface area (Å²) in [6.45, 7) is 4.79. The molecule has 0 N–H and O–H groups in total. The van der Waals surface area contributed by atoms with E-state index in [-0.39, 0.29) is 12.6 Å². The molecule has 6 heteroatoms. The van der Waals surface area contributed by atoms with Crippen LogP contribution in [0.25, 0.3) is 0 Å². The summed E-state index contributed by atoms with van der Waals surface area (Å²) in [5.41, 5.74) is 0.925. The number of ether oxygens (including phenoxy) is 2. The van der Waals surface area contributed by atoms with Crippen molar-refractivity contribution in [1.82, 2.24) is 4.90 Å². The molecule has 0 radical (unpaired) electrons. The van der Waals surface area contributed by atoms with Crippen LogP contribution in [0.15, 0.2) is 30.3 Å². The first-order valence-electron chi connectivity index (χ1n) is 9.33. The summed E-state index contributed by atoms with van der Waals surface area (Å²) >= 11 is 2.35. The lowest BCUT2D eigenvalue weighted by molar-refractivity contribution is -0.149. The fourth-order valence-electron chi connectivity index (χ4n) is 2.64. The Kier molecular flexibility index (Phi) is 12.1. The molecule has 0 saturated heterocycles. The molecule has 1 aromatic rings. The van der Waals surface area contributed by atoms with E-state index in [9.17, 15) is 9.59 Å². The highest BCUT2D eigenvalue weighted by molar-refractivity contribution is 14.1. The smallest absolute Gasteiger partial charge is 0.410 e. The lowest BCUT2D eigenvalue weighted by atomic mass is 10.1. The van der Waals surface area contributed by atoms with Gasteiger partial charge in [0.2, 0.25) is 0 Å². The lowest BCUT2D eigenvalue weighted by Gasteiger charge is -2.29. The fourth-order valence-corrected chi connectivity index (χ4v) is 3.18. The van der Waals surface area contributed by atoms with Crippen molar-refractivity contribution < 1.29 is 19.1 Å². The van der Waals surface area contributed by atoms with Gasteiger partial charge < -0.3 is 9.47 Å². The molecule has 1 atom stereocenters. The van der Waals surface area contributed by atoms with Crippen molar-refractivity contribution in [3.05, 3.63) is 35.9 Å². The van der Waals surface area contributed by atoms with E-state index in [0.29, 0.717) is 19.6 Å². The monoisotopic (exact) mass is 475 g/mol. The van der Waals surface area contributed by atoms with Crippen LogP contribution in [0, 0.1) is 0 Å². The van der Waals surface area contributed by atoms with Crippen molar-refractivity contribution >= 4 is 34.7 Å². The number of unbranched alkanes of at least 4 members (excludes halogenated alkanes) is 2. The van der Waals surface area contributed by atoms with Gasteiger partial charge in [-0.2, -0.15) is 0 Å². The van der Waals surface area contributed by atoms with Gasteiger partial charge in [-0.3, -0.25) is 4.90 Å². The molecule has 1 rings (SSSR count). The molecule has 0 heterocycles. The number of hydrogen-bond donors (Lipinski definition) is 0. The Morgan fingerprint density at radius 1 is 1.08 bits per heavy atom. The second-order valence-electron chi connectivity index (χ2n) is 6.04. The van der Waals surface area contributed by atoms with E-state index in [1.165, 1.54) is 0 Å². The van der Waals surface area contributed by atoms with Crippen LogP contribution >= 0.6 is 22.6 Å². The van der Waals surface area contributed by atoms with Crippen LogP contribution in [-0.4, -0.2) is 40.6 Å². The molecule has 5 nitrogen and oxygen atoms in total. The van der Waals surface area contributed by atoms with E-state index in [4.69, 9.17) is 9.47 Å². The minimum absolute atomic E-state index is 0.200. The maximum absolute atomic E-state index is 12.7. The fraction of sp³-hybridized carbons (Fsp3) is 0.600. The number of nitrogens with zero attached hydrogens (tertiary/aromatic N) is 1. The SMILES string of the molecule is CCC[C@@H](C(=O)OCC)N(CCCCCI)C(=O)OCc1ccccc1. The van der Waals surface area contributed by atoms with Crippen LogP contribution in [0.5, 0.6) is 0 Å². The maximum atomic E-state index is 12.7. The highest BCUT2D eigenvalue weighted by atomic mass is 127. The topological polar surface area (TPSA) is 55.8 Å². The molecular weight excluding hydrogens is 445 g/mol. The molecule has 0 fully saturated rings. The molecule has 0 aromatic heterocycles. The normalized spacial score (nSPS) is 11.7. The zero-order chi connectivity index (χ0) is 19.2. The number of halogens is 1. The summed E-state index contributed by atoms with van der Waals surface area (Å²) in [6, 6.07) is 8.97. The Morgan fingerprint density at radius 3 is 2.42 bits per heavy atom. The van der Waals surface area contributed by atoms with Crippen LogP contribution in [-0.2, 0) is 20.9 Å². The molecule has 0 aliphatic carbocycles. The number of amides is 1. The lowest BCUT2D eigenvalue weighted by Crippen LogP contribution is -2.46. The van der Waals surface area contributed by atoms with Gasteiger partial charge >= 0.3 is 12.1 Å². The first kappa shape index (κ1) is 22.7. The third-order valence-electron chi connectivity index (χ3n) is 3.97. The molecule has 0 spiro atoms. The predicted molar refractivity (Wildman–Crippen MR) is 111 cm³/mol. The second-order valence-corrected chi connectivity index (χ2v) is 7.12. The number of esters is 1. The van der Waals surface area contributed by atoms with Gasteiger partial charge in [0, 0.05) is 6.54 Å². The largest absolute Gasteiger partial charge is 0.464 e. The van der Waals surface area contributed by atoms with Gasteiger partial charge in [-0.1, -0.05) is 72.7 Å². The highest BCUT2D eigenvalue weighted by Crippen LogP contribution is 2.15. The average molecular weight is 475 g/mol. The van der Waals surface area contributed by atoms with E-state index in [1.807, 2.05) is 37.3 Å². The quantitative estimate of drug-likeness (QED) is 0.186. The second kappa shape index (κ2) is 13.8. The van der Waals surface area contributed by atoms with E-state index < -0.39 is 12.1 Å². The number of alkyl halides is 1. The predicted octanol–water partition coefficient (Wildman–Crippen LogP) is 4.96. The summed E-state index contributed by atoms with van der Waals surface area (Å²) in [5.74, 6) is -0.347. The van der Waals surface area contributed by atoms with Crippen LogP contribution in [0.3, 0.4) is 0 Å². The van der Waals surface area contributed by atoms with Gasteiger partial charge in [-0.25, -0.2) is 9.59 Å². The van der Waals surface area contributed by atoms with Gasteiger partial charge in [0.05, 0.1) is 6.61 Å². The Labute approximate surface area is 170 Å². The van der Waals surface area contributed by atoms with Crippen molar-refractivity contribution in [3.63, 3.8) is 0 Å². The minimum Gasteiger partial charge on any atom is -0.464 e. The molecular formula is C20H30INO4. The molecule has 0 aliphatic rings. The van der Waals surface area contributed by atoms with Gasteiger partial charge in [0.25, 0.3) is 0 Å². The van der Waals surface area contributed by atoms with Crippen molar-refractivity contribution in [3.8, 4) is 0 Å². The molecule has 146 valence electrons. The van der Waals surface area contributed by atoms with Gasteiger partial charge in [0.15, 0.2) is 0 Å². The Bertz CT molecular complexity index is 524. The van der Waals surface area contributed by atoms with Gasteiger partial charge in [-0.05, 0) is 36.2 Å². The van der Waals surface area contributed by atoms with E-state index >= 15 is 0 Å². The van der Waals surface area contributed by atoms with E-state index in [2.05, 4.69) is 22.6 Å². The van der Waals surface area contributed by atoms with Crippen LogP contribution < -0.4 is 0 Å². The highest BCUT2D eigenvalue weighted by Gasteiger charge is 2.31. The van der Waals surface area contributed by atoms with Crippen LogP contribution in [0.4, 0.5) is 4.79 Å². The summed E-state index contributed by atoms with van der Waals surface area (Å²) in [4.78, 5) is 26.6. The van der Waals surface area contributed by atoms with Gasteiger partial charge in [0.1, 0.15) is 12.6 Å². The van der Waals surface area contributed by atoms with Crippen molar-refractivity contribution in [1.29, 1.82) is 0 Å². The Hall–Kier alpha value is -1.31. The molecule has 0 aliphatic heterocycles. The molecule has 26 heavy (non-hydrogen) atoms. The standard InChI is InChI=1S/C20H30INO4/c1-3-11-18(19(23)25-4-2)22(15-10-6-9-14-21)20(24)26-16-17-12-7-5-8-13-17/h5,7-8,12-13,18H,3-4,6,9-11,14-16H2,1-2H3/t18-/m0/s1. The zero-order valence-electron chi connectivity index (χ0n) is 15.8. The maximum Gasteiger partial charge on any atom is 0.410 e. The molecule has 0 unspecified atom stereocenters. The third kappa shape index (κ3) is 8.38. The minimum atomic E-state index is -0.581. The van der Waals surface area contributed by atoms with Crippen molar-refractivity contribution in [2.24, 2.45) is 0 Å². The third-order valence-corrected chi connectivity index (χ3v) is 4.73. The Morgan fingerprint density at radius 2 is 1.81 bits per heavy atom. The molecule has 0 saturated carbocycles.